The molecule has 2 heterocycles. The normalized spacial score (nSPS) is 18.1. The Hall–Kier alpha value is -1.61. The first-order chi connectivity index (χ1) is 9.84. The van der Waals surface area contributed by atoms with Crippen LogP contribution in [0.15, 0.2) is 36.5 Å². The zero-order valence-corrected chi connectivity index (χ0v) is 12.2. The largest absolute Gasteiger partial charge is 0.368 e. The Kier molecular flexibility index (Phi) is 4.16. The molecule has 20 heavy (non-hydrogen) atoms. The van der Waals surface area contributed by atoms with Crippen molar-refractivity contribution in [3.05, 3.63) is 36.5 Å². The van der Waals surface area contributed by atoms with E-state index in [1.165, 1.54) is 43.1 Å². The van der Waals surface area contributed by atoms with Crippen molar-refractivity contribution in [2.45, 2.75) is 32.2 Å². The van der Waals surface area contributed by atoms with Gasteiger partial charge in [0.2, 0.25) is 0 Å². The van der Waals surface area contributed by atoms with Crippen molar-refractivity contribution in [3.8, 4) is 0 Å². The van der Waals surface area contributed by atoms with Crippen LogP contribution in [0.2, 0.25) is 0 Å². The van der Waals surface area contributed by atoms with E-state index in [1.54, 1.807) is 0 Å². The first-order valence-corrected chi connectivity index (χ1v) is 7.66. The molecule has 3 nitrogen and oxygen atoms in total. The molecule has 0 spiro atoms. The number of nitrogens with one attached hydrogen (secondary N) is 1. The summed E-state index contributed by atoms with van der Waals surface area (Å²) < 4.78 is 0. The molecule has 2 aromatic rings. The highest BCUT2D eigenvalue weighted by Crippen LogP contribution is 2.20. The summed E-state index contributed by atoms with van der Waals surface area (Å²) in [5.74, 6) is 1.01. The second-order valence-electron chi connectivity index (χ2n) is 5.71. The average Bonchev–Trinajstić information content (AvgIpc) is 2.53. The molecule has 1 N–H and O–H groups in total. The summed E-state index contributed by atoms with van der Waals surface area (Å²) in [6, 6.07) is 11.0. The van der Waals surface area contributed by atoms with Crippen molar-refractivity contribution in [3.63, 3.8) is 0 Å². The Balaban J connectivity index is 1.67. The summed E-state index contributed by atoms with van der Waals surface area (Å²) in [6.07, 6.45) is 5.96. The smallest absolute Gasteiger partial charge is 0.133 e. The van der Waals surface area contributed by atoms with Crippen LogP contribution in [0.5, 0.6) is 0 Å². The lowest BCUT2D eigenvalue weighted by atomic mass is 10.1. The van der Waals surface area contributed by atoms with Gasteiger partial charge in [-0.1, -0.05) is 30.7 Å². The Morgan fingerprint density at radius 3 is 2.80 bits per heavy atom. The lowest BCUT2D eigenvalue weighted by Crippen LogP contribution is -2.41. The number of hydrogen-bond acceptors (Lipinski definition) is 3. The van der Waals surface area contributed by atoms with Crippen LogP contribution in [0.3, 0.4) is 0 Å². The third kappa shape index (κ3) is 2.93. The fourth-order valence-corrected chi connectivity index (χ4v) is 2.99. The Morgan fingerprint density at radius 2 is 1.95 bits per heavy atom. The zero-order valence-electron chi connectivity index (χ0n) is 12.2. The van der Waals surface area contributed by atoms with Gasteiger partial charge in [0, 0.05) is 24.2 Å². The quantitative estimate of drug-likeness (QED) is 0.920. The first kappa shape index (κ1) is 13.4. The maximum Gasteiger partial charge on any atom is 0.133 e. The van der Waals surface area contributed by atoms with Gasteiger partial charge in [0.1, 0.15) is 5.82 Å². The van der Waals surface area contributed by atoms with Gasteiger partial charge in [-0.3, -0.25) is 4.90 Å². The standard InChI is InChI=1S/C17H23N3/c1-14(20-11-5-2-6-12-20)13-19-17-16-8-4-3-7-15(16)9-10-18-17/h3-4,7-10,14H,2,5-6,11-13H2,1H3,(H,18,19). The molecule has 1 aliphatic rings. The molecular weight excluding hydrogens is 246 g/mol. The van der Waals surface area contributed by atoms with E-state index in [2.05, 4.69) is 52.5 Å². The van der Waals surface area contributed by atoms with Gasteiger partial charge in [-0.25, -0.2) is 4.98 Å². The van der Waals surface area contributed by atoms with E-state index in [9.17, 15) is 0 Å². The van der Waals surface area contributed by atoms with Crippen LogP contribution in [0.1, 0.15) is 26.2 Å². The minimum Gasteiger partial charge on any atom is -0.368 e. The van der Waals surface area contributed by atoms with Crippen molar-refractivity contribution < 1.29 is 0 Å². The molecule has 0 aliphatic carbocycles. The molecule has 1 fully saturated rings. The van der Waals surface area contributed by atoms with Crippen molar-refractivity contribution >= 4 is 16.6 Å². The molecule has 1 aromatic heterocycles. The van der Waals surface area contributed by atoms with E-state index < -0.39 is 0 Å². The van der Waals surface area contributed by atoms with Crippen LogP contribution in [0, 0.1) is 0 Å². The van der Waals surface area contributed by atoms with E-state index in [0.29, 0.717) is 6.04 Å². The molecule has 0 saturated carbocycles. The van der Waals surface area contributed by atoms with Crippen LogP contribution in [-0.4, -0.2) is 35.6 Å². The summed E-state index contributed by atoms with van der Waals surface area (Å²) in [5, 5.41) is 5.99. The van der Waals surface area contributed by atoms with E-state index in [-0.39, 0.29) is 0 Å². The zero-order chi connectivity index (χ0) is 13.8. The maximum absolute atomic E-state index is 4.49. The number of piperidine rings is 1. The average molecular weight is 269 g/mol. The van der Waals surface area contributed by atoms with Crippen molar-refractivity contribution in [1.29, 1.82) is 0 Å². The number of anilines is 1. The lowest BCUT2D eigenvalue weighted by molar-refractivity contribution is 0.180. The molecule has 1 atom stereocenters. The van der Waals surface area contributed by atoms with Gasteiger partial charge in [0.15, 0.2) is 0 Å². The van der Waals surface area contributed by atoms with Crippen molar-refractivity contribution in [2.75, 3.05) is 25.0 Å². The van der Waals surface area contributed by atoms with Gasteiger partial charge in [0.05, 0.1) is 0 Å². The predicted octanol–water partition coefficient (Wildman–Crippen LogP) is 3.52. The predicted molar refractivity (Wildman–Crippen MR) is 85.1 cm³/mol. The van der Waals surface area contributed by atoms with Crippen LogP contribution in [-0.2, 0) is 0 Å². The number of nitrogens with zero attached hydrogens (tertiary/aromatic N) is 2. The highest BCUT2D eigenvalue weighted by atomic mass is 15.2. The van der Waals surface area contributed by atoms with Crippen molar-refractivity contribution in [1.82, 2.24) is 9.88 Å². The summed E-state index contributed by atoms with van der Waals surface area (Å²) in [5.41, 5.74) is 0. The number of fused-ring (bicyclic) bond motifs is 1. The summed E-state index contributed by atoms with van der Waals surface area (Å²) in [6.45, 7) is 5.75. The SMILES string of the molecule is CC(CNc1nccc2ccccc12)N1CCCCC1. The van der Waals surface area contributed by atoms with Gasteiger partial charge in [-0.2, -0.15) is 0 Å². The third-order valence-electron chi connectivity index (χ3n) is 4.25. The topological polar surface area (TPSA) is 28.2 Å². The van der Waals surface area contributed by atoms with Crippen LogP contribution < -0.4 is 5.32 Å². The molecule has 0 radical (unpaired) electrons. The molecule has 3 heteroatoms. The molecule has 106 valence electrons. The molecule has 1 aromatic carbocycles. The fraction of sp³-hybridized carbons (Fsp3) is 0.471. The molecule has 3 rings (SSSR count). The van der Waals surface area contributed by atoms with Gasteiger partial charge in [0.25, 0.3) is 0 Å². The fourth-order valence-electron chi connectivity index (χ4n) is 2.99. The third-order valence-corrected chi connectivity index (χ3v) is 4.25. The van der Waals surface area contributed by atoms with E-state index in [0.717, 1.165) is 12.4 Å². The number of rotatable bonds is 4. The van der Waals surface area contributed by atoms with Crippen LogP contribution >= 0.6 is 0 Å². The maximum atomic E-state index is 4.49. The summed E-state index contributed by atoms with van der Waals surface area (Å²) in [4.78, 5) is 7.08. The molecule has 0 bridgehead atoms. The van der Waals surface area contributed by atoms with Gasteiger partial charge in [-0.15, -0.1) is 0 Å². The van der Waals surface area contributed by atoms with Crippen molar-refractivity contribution in [2.24, 2.45) is 0 Å². The van der Waals surface area contributed by atoms with Gasteiger partial charge >= 0.3 is 0 Å². The number of benzene rings is 1. The second kappa shape index (κ2) is 6.23. The number of aromatic nitrogens is 1. The molecule has 1 saturated heterocycles. The van der Waals surface area contributed by atoms with Gasteiger partial charge in [-0.05, 0) is 44.3 Å². The molecule has 0 amide bonds. The molecular formula is C17H23N3. The first-order valence-electron chi connectivity index (χ1n) is 7.66. The monoisotopic (exact) mass is 269 g/mol. The molecule has 1 aliphatic heterocycles. The van der Waals surface area contributed by atoms with E-state index in [1.807, 2.05) is 6.20 Å². The second-order valence-corrected chi connectivity index (χ2v) is 5.71. The summed E-state index contributed by atoms with van der Waals surface area (Å²) >= 11 is 0. The minimum absolute atomic E-state index is 0.566. The summed E-state index contributed by atoms with van der Waals surface area (Å²) in [7, 11) is 0. The van der Waals surface area contributed by atoms with Crippen LogP contribution in [0.25, 0.3) is 10.8 Å². The Morgan fingerprint density at radius 1 is 1.15 bits per heavy atom. The number of hydrogen-bond donors (Lipinski definition) is 1. The van der Waals surface area contributed by atoms with Gasteiger partial charge < -0.3 is 5.32 Å². The highest BCUT2D eigenvalue weighted by Gasteiger charge is 2.16. The Labute approximate surface area is 121 Å². The highest BCUT2D eigenvalue weighted by molar-refractivity contribution is 5.91. The van der Waals surface area contributed by atoms with Crippen LogP contribution in [0.4, 0.5) is 5.82 Å². The lowest BCUT2D eigenvalue weighted by Gasteiger charge is -2.32. The number of likely N-dealkylation sites (tertiary alicyclic amines) is 1. The molecule has 1 unspecified atom stereocenters. The number of pyridine rings is 1. The minimum atomic E-state index is 0.566. The van der Waals surface area contributed by atoms with E-state index in [4.69, 9.17) is 0 Å². The Bertz CT molecular complexity index is 556. The van der Waals surface area contributed by atoms with E-state index >= 15 is 0 Å².